The molecule has 0 aromatic heterocycles. The summed E-state index contributed by atoms with van der Waals surface area (Å²) in [5.74, 6) is -0.0678. The van der Waals surface area contributed by atoms with Crippen molar-refractivity contribution in [2.45, 2.75) is 11.4 Å². The maximum atomic E-state index is 13.7. The first-order valence-electron chi connectivity index (χ1n) is 11.4. The number of hydrogen-bond donors (Lipinski definition) is 1. The molecule has 0 aliphatic carbocycles. The third kappa shape index (κ3) is 4.84. The Morgan fingerprint density at radius 1 is 0.972 bits per heavy atom. The van der Waals surface area contributed by atoms with Gasteiger partial charge in [-0.05, 0) is 47.7 Å². The molecule has 9 heteroatoms. The summed E-state index contributed by atoms with van der Waals surface area (Å²) in [6, 6.07) is 25.1. The van der Waals surface area contributed by atoms with Crippen LogP contribution in [0.4, 0.5) is 21.9 Å². The number of hydrogen-bond acceptors (Lipinski definition) is 6. The number of urea groups is 1. The van der Waals surface area contributed by atoms with Crippen LogP contribution in [0.15, 0.2) is 98.7 Å². The molecule has 2 aliphatic rings. The van der Waals surface area contributed by atoms with Gasteiger partial charge in [-0.2, -0.15) is 0 Å². The number of amidine groups is 1. The molecular weight excluding hydrogens is 490 g/mol. The molecule has 5 rings (SSSR count). The molecule has 0 saturated carbocycles. The third-order valence-electron chi connectivity index (χ3n) is 5.71. The van der Waals surface area contributed by atoms with Gasteiger partial charge in [-0.1, -0.05) is 60.3 Å². The molecular formula is C27H25N5O2S2. The van der Waals surface area contributed by atoms with Gasteiger partial charge in [-0.15, -0.1) is 0 Å². The number of anilines is 2. The first kappa shape index (κ1) is 24.0. The highest BCUT2D eigenvalue weighted by Gasteiger charge is 2.39. The van der Waals surface area contributed by atoms with Crippen LogP contribution in [0.5, 0.6) is 0 Å². The van der Waals surface area contributed by atoms with Crippen molar-refractivity contribution < 1.29 is 9.59 Å². The highest BCUT2D eigenvalue weighted by atomic mass is 32.2. The minimum atomic E-state index is -0.219. The smallest absolute Gasteiger partial charge is 0.321 e. The van der Waals surface area contributed by atoms with Gasteiger partial charge in [0.15, 0.2) is 5.17 Å². The fourth-order valence-corrected chi connectivity index (χ4v) is 6.17. The van der Waals surface area contributed by atoms with E-state index in [0.717, 1.165) is 21.2 Å². The molecule has 3 aromatic carbocycles. The molecule has 3 aromatic rings. The number of nitrogens with zero attached hydrogens (tertiary/aromatic N) is 4. The van der Waals surface area contributed by atoms with E-state index in [1.54, 1.807) is 36.8 Å². The number of para-hydroxylation sites is 1. The molecule has 2 heterocycles. The Balaban J connectivity index is 1.51. The lowest BCUT2D eigenvalue weighted by atomic mass is 10.2. The van der Waals surface area contributed by atoms with Crippen LogP contribution < -0.4 is 10.2 Å². The number of rotatable bonds is 4. The van der Waals surface area contributed by atoms with E-state index >= 15 is 0 Å². The second kappa shape index (κ2) is 10.1. The maximum Gasteiger partial charge on any atom is 0.321 e. The summed E-state index contributed by atoms with van der Waals surface area (Å²) < 4.78 is 0. The molecule has 0 radical (unpaired) electrons. The van der Waals surface area contributed by atoms with E-state index in [9.17, 15) is 9.59 Å². The second-order valence-corrected chi connectivity index (χ2v) is 10.5. The molecule has 182 valence electrons. The standard InChI is InChI=1S/C27H25N5O2S2/c1-30(2)26(34)28-19-12-9-13-20(16-19)29-27-32(17-18-10-5-4-6-11-18)24(33)23(36-27)25-31(3)21-14-7-8-15-22(21)35-25/h4-16H,17H2,1-3H3,(H,28,34). The molecule has 0 unspecified atom stereocenters. The Hall–Kier alpha value is -3.69. The van der Waals surface area contributed by atoms with Crippen molar-refractivity contribution in [3.8, 4) is 0 Å². The monoisotopic (exact) mass is 515 g/mol. The zero-order chi connectivity index (χ0) is 25.2. The molecule has 7 nitrogen and oxygen atoms in total. The van der Waals surface area contributed by atoms with Crippen molar-refractivity contribution in [3.05, 3.63) is 94.4 Å². The van der Waals surface area contributed by atoms with Crippen LogP contribution in [-0.4, -0.2) is 48.0 Å². The average molecular weight is 516 g/mol. The van der Waals surface area contributed by atoms with Crippen LogP contribution in [0.25, 0.3) is 0 Å². The summed E-state index contributed by atoms with van der Waals surface area (Å²) in [7, 11) is 5.36. The Morgan fingerprint density at radius 2 is 1.72 bits per heavy atom. The normalized spacial score (nSPS) is 18.1. The fourth-order valence-electron chi connectivity index (χ4n) is 3.82. The molecule has 1 fully saturated rings. The highest BCUT2D eigenvalue weighted by Crippen LogP contribution is 2.50. The van der Waals surface area contributed by atoms with Crippen LogP contribution >= 0.6 is 23.5 Å². The summed E-state index contributed by atoms with van der Waals surface area (Å²) in [6.07, 6.45) is 0. The Kier molecular flexibility index (Phi) is 6.75. The van der Waals surface area contributed by atoms with Gasteiger partial charge < -0.3 is 15.1 Å². The second-order valence-electron chi connectivity index (χ2n) is 8.51. The van der Waals surface area contributed by atoms with Crippen LogP contribution in [0, 0.1) is 0 Å². The molecule has 2 aliphatic heterocycles. The van der Waals surface area contributed by atoms with Crippen molar-refractivity contribution in [3.63, 3.8) is 0 Å². The van der Waals surface area contributed by atoms with Gasteiger partial charge >= 0.3 is 6.03 Å². The summed E-state index contributed by atoms with van der Waals surface area (Å²) in [5, 5.41) is 4.36. The van der Waals surface area contributed by atoms with Crippen molar-refractivity contribution in [1.29, 1.82) is 0 Å². The van der Waals surface area contributed by atoms with Crippen molar-refractivity contribution in [1.82, 2.24) is 9.80 Å². The van der Waals surface area contributed by atoms with Gasteiger partial charge in [0.2, 0.25) is 0 Å². The maximum absolute atomic E-state index is 13.7. The molecule has 3 amide bonds. The molecule has 36 heavy (non-hydrogen) atoms. The zero-order valence-electron chi connectivity index (χ0n) is 20.1. The molecule has 1 N–H and O–H groups in total. The number of thioether (sulfide) groups is 2. The van der Waals surface area contributed by atoms with E-state index in [1.807, 2.05) is 67.7 Å². The SMILES string of the molecule is CN(C)C(=O)Nc1cccc(N=C2SC(=C3Sc4ccccc4N3C)C(=O)N2Cc2ccccc2)c1. The first-order valence-corrected chi connectivity index (χ1v) is 13.0. The number of carbonyl (C=O) groups excluding carboxylic acids is 2. The van der Waals surface area contributed by atoms with E-state index in [1.165, 1.54) is 16.7 Å². The lowest BCUT2D eigenvalue weighted by Gasteiger charge is -2.17. The summed E-state index contributed by atoms with van der Waals surface area (Å²) in [6.45, 7) is 0.417. The largest absolute Gasteiger partial charge is 0.337 e. The minimum Gasteiger partial charge on any atom is -0.337 e. The van der Waals surface area contributed by atoms with Gasteiger partial charge in [0.05, 0.1) is 22.9 Å². The van der Waals surface area contributed by atoms with E-state index in [4.69, 9.17) is 4.99 Å². The number of aliphatic imine (C=N–C) groups is 1. The molecule has 1 saturated heterocycles. The summed E-state index contributed by atoms with van der Waals surface area (Å²) in [4.78, 5) is 37.7. The average Bonchev–Trinajstić information content (AvgIpc) is 3.36. The predicted molar refractivity (Wildman–Crippen MR) is 149 cm³/mol. The topological polar surface area (TPSA) is 68.2 Å². The third-order valence-corrected chi connectivity index (χ3v) is 8.14. The van der Waals surface area contributed by atoms with E-state index < -0.39 is 0 Å². The summed E-state index contributed by atoms with van der Waals surface area (Å²) >= 11 is 2.99. The number of amides is 3. The van der Waals surface area contributed by atoms with Crippen LogP contribution in [-0.2, 0) is 11.3 Å². The fraction of sp³-hybridized carbons (Fsp3) is 0.148. The Morgan fingerprint density at radius 3 is 2.47 bits per heavy atom. The predicted octanol–water partition coefficient (Wildman–Crippen LogP) is 5.95. The van der Waals surface area contributed by atoms with Crippen molar-refractivity contribution in [2.24, 2.45) is 4.99 Å². The van der Waals surface area contributed by atoms with E-state index in [2.05, 4.69) is 22.3 Å². The Labute approximate surface area is 218 Å². The number of carbonyl (C=O) groups is 2. The van der Waals surface area contributed by atoms with Gasteiger partial charge in [-0.25, -0.2) is 9.79 Å². The molecule has 0 spiro atoms. The van der Waals surface area contributed by atoms with Crippen molar-refractivity contribution in [2.75, 3.05) is 31.4 Å². The van der Waals surface area contributed by atoms with E-state index in [0.29, 0.717) is 28.0 Å². The minimum absolute atomic E-state index is 0.0678. The van der Waals surface area contributed by atoms with Crippen molar-refractivity contribution >= 4 is 57.7 Å². The van der Waals surface area contributed by atoms with Crippen LogP contribution in [0.2, 0.25) is 0 Å². The van der Waals surface area contributed by atoms with Gasteiger partial charge in [0.25, 0.3) is 5.91 Å². The molecule has 0 atom stereocenters. The zero-order valence-corrected chi connectivity index (χ0v) is 21.8. The van der Waals surface area contributed by atoms with Gasteiger partial charge in [0.1, 0.15) is 4.91 Å². The Bertz CT molecular complexity index is 1390. The number of nitrogens with one attached hydrogen (secondary N) is 1. The van der Waals surface area contributed by atoms with Crippen LogP contribution in [0.3, 0.4) is 0 Å². The number of benzene rings is 3. The molecule has 0 bridgehead atoms. The number of fused-ring (bicyclic) bond motifs is 1. The quantitative estimate of drug-likeness (QED) is 0.435. The summed E-state index contributed by atoms with van der Waals surface area (Å²) in [5.41, 5.74) is 3.40. The highest BCUT2D eigenvalue weighted by molar-refractivity contribution is 8.19. The van der Waals surface area contributed by atoms with E-state index in [-0.39, 0.29) is 11.9 Å². The van der Waals surface area contributed by atoms with Crippen LogP contribution in [0.1, 0.15) is 5.56 Å². The van der Waals surface area contributed by atoms with Gasteiger partial charge in [-0.3, -0.25) is 9.69 Å². The lowest BCUT2D eigenvalue weighted by molar-refractivity contribution is -0.122. The van der Waals surface area contributed by atoms with Gasteiger partial charge in [0, 0.05) is 31.7 Å². The lowest BCUT2D eigenvalue weighted by Crippen LogP contribution is -2.29. The first-order chi connectivity index (χ1) is 17.4.